The Morgan fingerprint density at radius 1 is 1.33 bits per heavy atom. The molecule has 1 aromatic heterocycles. The maximum absolute atomic E-state index is 4.32. The minimum absolute atomic E-state index is 0.802. The van der Waals surface area contributed by atoms with Gasteiger partial charge < -0.3 is 4.90 Å². The first-order valence-corrected chi connectivity index (χ1v) is 6.82. The third kappa shape index (κ3) is 3.18. The molecular formula is C16H22N5+. The molecule has 0 saturated carbocycles. The number of benzene rings is 1. The monoisotopic (exact) mass is 284 g/mol. The van der Waals surface area contributed by atoms with Crippen LogP contribution in [0.1, 0.15) is 12.5 Å². The van der Waals surface area contributed by atoms with Gasteiger partial charge in [-0.2, -0.15) is 0 Å². The summed E-state index contributed by atoms with van der Waals surface area (Å²) < 4.78 is 3.86. The number of imidazole rings is 1. The maximum Gasteiger partial charge on any atom is 0.421 e. The van der Waals surface area contributed by atoms with Gasteiger partial charge in [-0.25, -0.2) is 9.13 Å². The van der Waals surface area contributed by atoms with E-state index in [0.29, 0.717) is 0 Å². The van der Waals surface area contributed by atoms with Gasteiger partial charge in [0.05, 0.1) is 26.5 Å². The van der Waals surface area contributed by atoms with E-state index in [1.165, 1.54) is 0 Å². The van der Waals surface area contributed by atoms with Crippen LogP contribution in [0.25, 0.3) is 0 Å². The van der Waals surface area contributed by atoms with Gasteiger partial charge in [0, 0.05) is 23.5 Å². The molecule has 0 radical (unpaired) electrons. The molecule has 2 aromatic rings. The zero-order chi connectivity index (χ0) is 15.6. The van der Waals surface area contributed by atoms with Crippen molar-refractivity contribution in [2.75, 3.05) is 11.9 Å². The number of hydrogen-bond donors (Lipinski definition) is 0. The molecule has 0 bridgehead atoms. The predicted octanol–water partition coefficient (Wildman–Crippen LogP) is 3.54. The summed E-state index contributed by atoms with van der Waals surface area (Å²) in [5.41, 5.74) is 4.12. The lowest BCUT2D eigenvalue weighted by atomic mass is 10.1. The van der Waals surface area contributed by atoms with Crippen molar-refractivity contribution >= 4 is 17.3 Å². The molecule has 5 heteroatoms. The lowest BCUT2D eigenvalue weighted by Crippen LogP contribution is -2.25. The van der Waals surface area contributed by atoms with Gasteiger partial charge in [0.15, 0.2) is 0 Å². The van der Waals surface area contributed by atoms with Crippen LogP contribution in [0, 0.1) is 6.92 Å². The molecule has 0 atom stereocenters. The van der Waals surface area contributed by atoms with Crippen LogP contribution >= 0.6 is 0 Å². The van der Waals surface area contributed by atoms with Crippen LogP contribution in [0.15, 0.2) is 53.1 Å². The first-order chi connectivity index (χ1) is 9.90. The van der Waals surface area contributed by atoms with Crippen LogP contribution in [0.3, 0.4) is 0 Å². The zero-order valence-corrected chi connectivity index (χ0v) is 13.3. The Labute approximate surface area is 125 Å². The van der Waals surface area contributed by atoms with Crippen molar-refractivity contribution in [2.45, 2.75) is 13.8 Å². The molecule has 0 spiro atoms. The van der Waals surface area contributed by atoms with Crippen LogP contribution in [-0.2, 0) is 14.1 Å². The molecule has 1 heterocycles. The summed E-state index contributed by atoms with van der Waals surface area (Å²) in [6.45, 7) is 8.02. The number of aromatic nitrogens is 2. The molecule has 0 aliphatic rings. The van der Waals surface area contributed by atoms with E-state index in [0.717, 1.165) is 28.6 Å². The van der Waals surface area contributed by atoms with E-state index in [4.69, 9.17) is 0 Å². The van der Waals surface area contributed by atoms with E-state index in [1.807, 2.05) is 67.8 Å². The molecule has 0 amide bonds. The largest absolute Gasteiger partial charge is 0.421 e. The summed E-state index contributed by atoms with van der Waals surface area (Å²) in [5.74, 6) is 0.802. The second-order valence-corrected chi connectivity index (χ2v) is 5.29. The molecule has 0 N–H and O–H groups in total. The minimum atomic E-state index is 0.802. The Morgan fingerprint density at radius 3 is 2.57 bits per heavy atom. The molecule has 21 heavy (non-hydrogen) atoms. The molecule has 0 saturated heterocycles. The summed E-state index contributed by atoms with van der Waals surface area (Å²) >= 11 is 0. The van der Waals surface area contributed by atoms with E-state index < -0.39 is 0 Å². The fourth-order valence-electron chi connectivity index (χ4n) is 2.11. The Kier molecular flexibility index (Phi) is 4.21. The quantitative estimate of drug-likeness (QED) is 0.625. The third-order valence-electron chi connectivity index (χ3n) is 3.51. The Bertz CT molecular complexity index is 677. The maximum atomic E-state index is 4.32. The number of azo groups is 1. The standard InChI is InChI=1S/C16H22N5/c1-12(2)21(6)15-8-7-14(11-13(15)3)17-18-16-19(4)9-10-20(16)5/h7-11H,1H2,2-6H3/q+1. The van der Waals surface area contributed by atoms with Crippen LogP contribution in [0.5, 0.6) is 0 Å². The highest BCUT2D eigenvalue weighted by molar-refractivity contribution is 5.60. The fourth-order valence-corrected chi connectivity index (χ4v) is 2.11. The van der Waals surface area contributed by atoms with Crippen LogP contribution in [0.2, 0.25) is 0 Å². The Hall–Kier alpha value is -2.43. The van der Waals surface area contributed by atoms with Crippen LogP contribution in [-0.4, -0.2) is 11.6 Å². The summed E-state index contributed by atoms with van der Waals surface area (Å²) in [6, 6.07) is 6.04. The molecule has 110 valence electrons. The molecular weight excluding hydrogens is 262 g/mol. The van der Waals surface area contributed by atoms with Gasteiger partial charge in [0.1, 0.15) is 5.69 Å². The minimum Gasteiger partial charge on any atom is -0.349 e. The van der Waals surface area contributed by atoms with Gasteiger partial charge in [0.25, 0.3) is 0 Å². The molecule has 0 aliphatic heterocycles. The third-order valence-corrected chi connectivity index (χ3v) is 3.51. The van der Waals surface area contributed by atoms with E-state index in [9.17, 15) is 0 Å². The molecule has 5 nitrogen and oxygen atoms in total. The number of rotatable bonds is 4. The highest BCUT2D eigenvalue weighted by Crippen LogP contribution is 2.26. The number of nitrogens with zero attached hydrogens (tertiary/aromatic N) is 5. The first-order valence-electron chi connectivity index (χ1n) is 6.82. The average molecular weight is 284 g/mol. The van der Waals surface area contributed by atoms with Gasteiger partial charge in [-0.3, -0.25) is 0 Å². The molecule has 0 aliphatic carbocycles. The second kappa shape index (κ2) is 5.91. The van der Waals surface area contributed by atoms with Crippen molar-refractivity contribution in [3.63, 3.8) is 0 Å². The average Bonchev–Trinajstić information content (AvgIpc) is 2.75. The first kappa shape index (κ1) is 15.0. The van der Waals surface area contributed by atoms with Crippen molar-refractivity contribution in [1.82, 2.24) is 4.57 Å². The van der Waals surface area contributed by atoms with Gasteiger partial charge >= 0.3 is 5.95 Å². The van der Waals surface area contributed by atoms with Gasteiger partial charge in [-0.15, -0.1) is 0 Å². The topological polar surface area (TPSA) is 36.8 Å². The lowest BCUT2D eigenvalue weighted by molar-refractivity contribution is -0.657. The number of aryl methyl sites for hydroxylation is 3. The van der Waals surface area contributed by atoms with E-state index in [2.05, 4.69) is 28.6 Å². The van der Waals surface area contributed by atoms with E-state index in [-0.39, 0.29) is 0 Å². The Balaban J connectivity index is 2.27. The normalized spacial score (nSPS) is 11.1. The summed E-state index contributed by atoms with van der Waals surface area (Å²) in [7, 11) is 5.91. The van der Waals surface area contributed by atoms with Gasteiger partial charge in [0.2, 0.25) is 0 Å². The van der Waals surface area contributed by atoms with Crippen molar-refractivity contribution in [3.8, 4) is 0 Å². The van der Waals surface area contributed by atoms with Crippen LogP contribution < -0.4 is 9.47 Å². The number of anilines is 1. The summed E-state index contributed by atoms with van der Waals surface area (Å²) in [6.07, 6.45) is 3.90. The Morgan fingerprint density at radius 2 is 2.05 bits per heavy atom. The van der Waals surface area contributed by atoms with Gasteiger partial charge in [-0.1, -0.05) is 11.7 Å². The highest BCUT2D eigenvalue weighted by atomic mass is 15.3. The molecule has 2 rings (SSSR count). The highest BCUT2D eigenvalue weighted by Gasteiger charge is 2.11. The zero-order valence-electron chi connectivity index (χ0n) is 13.3. The molecule has 0 unspecified atom stereocenters. The predicted molar refractivity (Wildman–Crippen MR) is 85.2 cm³/mol. The fraction of sp³-hybridized carbons (Fsp3) is 0.312. The smallest absolute Gasteiger partial charge is 0.349 e. The van der Waals surface area contributed by atoms with Crippen molar-refractivity contribution in [3.05, 3.63) is 48.4 Å². The summed E-state index contributed by atoms with van der Waals surface area (Å²) in [5, 5.41) is 8.62. The molecule has 0 fully saturated rings. The lowest BCUT2D eigenvalue weighted by Gasteiger charge is -2.21. The second-order valence-electron chi connectivity index (χ2n) is 5.29. The summed E-state index contributed by atoms with van der Waals surface area (Å²) in [4.78, 5) is 2.06. The molecule has 1 aromatic carbocycles. The van der Waals surface area contributed by atoms with Crippen molar-refractivity contribution < 1.29 is 4.57 Å². The van der Waals surface area contributed by atoms with E-state index >= 15 is 0 Å². The number of allylic oxidation sites excluding steroid dienone is 1. The van der Waals surface area contributed by atoms with Gasteiger partial charge in [-0.05, 0) is 37.6 Å². The van der Waals surface area contributed by atoms with E-state index in [1.54, 1.807) is 0 Å². The number of hydrogen-bond acceptors (Lipinski definition) is 3. The van der Waals surface area contributed by atoms with Crippen molar-refractivity contribution in [2.24, 2.45) is 24.3 Å². The van der Waals surface area contributed by atoms with Crippen LogP contribution in [0.4, 0.5) is 17.3 Å². The van der Waals surface area contributed by atoms with Crippen molar-refractivity contribution in [1.29, 1.82) is 0 Å². The SMILES string of the molecule is C=C(C)N(C)c1ccc(N=Nc2n(C)cc[n+]2C)cc1C.